The predicted octanol–water partition coefficient (Wildman–Crippen LogP) is 2.21. The summed E-state index contributed by atoms with van der Waals surface area (Å²) in [7, 11) is 0. The summed E-state index contributed by atoms with van der Waals surface area (Å²) in [6, 6.07) is 9.47. The standard InChI is InChI=1S/C14H11NO3/c16-8-11-1-3-12(15-7-11)5-10-2-4-13-14(6-10)18-9-17-13/h1-4,6-8H,5,9H2. The van der Waals surface area contributed by atoms with E-state index in [9.17, 15) is 4.79 Å². The second kappa shape index (κ2) is 4.49. The van der Waals surface area contributed by atoms with Gasteiger partial charge in [-0.15, -0.1) is 0 Å². The Hall–Kier alpha value is -2.36. The summed E-state index contributed by atoms with van der Waals surface area (Å²) >= 11 is 0. The van der Waals surface area contributed by atoms with E-state index in [1.165, 1.54) is 0 Å². The lowest BCUT2D eigenvalue weighted by atomic mass is 10.1. The number of carbonyl (C=O) groups excluding carboxylic acids is 1. The zero-order valence-electron chi connectivity index (χ0n) is 9.63. The Labute approximate surface area is 104 Å². The highest BCUT2D eigenvalue weighted by atomic mass is 16.7. The van der Waals surface area contributed by atoms with Crippen LogP contribution < -0.4 is 9.47 Å². The summed E-state index contributed by atoms with van der Waals surface area (Å²) in [5.41, 5.74) is 2.61. The number of fused-ring (bicyclic) bond motifs is 1. The fourth-order valence-electron chi connectivity index (χ4n) is 1.87. The Kier molecular flexibility index (Phi) is 2.68. The van der Waals surface area contributed by atoms with Crippen LogP contribution in [-0.4, -0.2) is 18.1 Å². The molecule has 1 aromatic carbocycles. The minimum Gasteiger partial charge on any atom is -0.454 e. The van der Waals surface area contributed by atoms with Crippen molar-refractivity contribution in [3.05, 3.63) is 53.3 Å². The van der Waals surface area contributed by atoms with E-state index in [0.717, 1.165) is 29.0 Å². The number of ether oxygens (including phenoxy) is 2. The van der Waals surface area contributed by atoms with E-state index in [0.29, 0.717) is 12.0 Å². The number of aldehydes is 1. The maximum absolute atomic E-state index is 10.5. The van der Waals surface area contributed by atoms with Crippen LogP contribution in [0.25, 0.3) is 0 Å². The fourth-order valence-corrected chi connectivity index (χ4v) is 1.87. The van der Waals surface area contributed by atoms with Gasteiger partial charge in [-0.3, -0.25) is 9.78 Å². The number of aromatic nitrogens is 1. The summed E-state index contributed by atoms with van der Waals surface area (Å²) < 4.78 is 10.6. The molecule has 2 aromatic rings. The van der Waals surface area contributed by atoms with Crippen LogP contribution in [0.5, 0.6) is 11.5 Å². The van der Waals surface area contributed by atoms with E-state index in [2.05, 4.69) is 4.98 Å². The van der Waals surface area contributed by atoms with E-state index in [-0.39, 0.29) is 6.79 Å². The molecule has 1 aliphatic heterocycles. The quantitative estimate of drug-likeness (QED) is 0.773. The molecule has 18 heavy (non-hydrogen) atoms. The molecular weight excluding hydrogens is 230 g/mol. The second-order valence-corrected chi connectivity index (χ2v) is 4.07. The van der Waals surface area contributed by atoms with Crippen LogP contribution in [0.15, 0.2) is 36.5 Å². The third kappa shape index (κ3) is 2.05. The van der Waals surface area contributed by atoms with Gasteiger partial charge < -0.3 is 9.47 Å². The number of nitrogens with zero attached hydrogens (tertiary/aromatic N) is 1. The Morgan fingerprint density at radius 1 is 1.17 bits per heavy atom. The van der Waals surface area contributed by atoms with Crippen LogP contribution in [0.2, 0.25) is 0 Å². The van der Waals surface area contributed by atoms with Gasteiger partial charge in [0.25, 0.3) is 0 Å². The molecule has 0 saturated heterocycles. The molecule has 0 amide bonds. The molecule has 0 saturated carbocycles. The minimum atomic E-state index is 0.283. The van der Waals surface area contributed by atoms with Crippen molar-refractivity contribution in [2.24, 2.45) is 0 Å². The predicted molar refractivity (Wildman–Crippen MR) is 65.0 cm³/mol. The first-order valence-corrected chi connectivity index (χ1v) is 5.64. The van der Waals surface area contributed by atoms with Crippen molar-refractivity contribution < 1.29 is 14.3 Å². The molecule has 1 aliphatic rings. The number of benzene rings is 1. The van der Waals surface area contributed by atoms with Crippen molar-refractivity contribution in [1.29, 1.82) is 0 Å². The molecule has 0 bridgehead atoms. The molecule has 0 N–H and O–H groups in total. The summed E-state index contributed by atoms with van der Waals surface area (Å²) in [6.07, 6.45) is 3.07. The van der Waals surface area contributed by atoms with Crippen LogP contribution in [0.4, 0.5) is 0 Å². The Balaban J connectivity index is 1.81. The number of rotatable bonds is 3. The van der Waals surface area contributed by atoms with Gasteiger partial charge in [-0.05, 0) is 29.8 Å². The van der Waals surface area contributed by atoms with Gasteiger partial charge in [-0.25, -0.2) is 0 Å². The lowest BCUT2D eigenvalue weighted by molar-refractivity contribution is 0.112. The molecule has 4 heteroatoms. The van der Waals surface area contributed by atoms with Crippen molar-refractivity contribution in [2.75, 3.05) is 6.79 Å². The lowest BCUT2D eigenvalue weighted by Crippen LogP contribution is -1.94. The van der Waals surface area contributed by atoms with Crippen LogP contribution in [0.1, 0.15) is 21.6 Å². The van der Waals surface area contributed by atoms with Crippen LogP contribution in [-0.2, 0) is 6.42 Å². The van der Waals surface area contributed by atoms with Crippen molar-refractivity contribution in [3.63, 3.8) is 0 Å². The average molecular weight is 241 g/mol. The average Bonchev–Trinajstić information content (AvgIpc) is 2.87. The first-order valence-electron chi connectivity index (χ1n) is 5.64. The van der Waals surface area contributed by atoms with Crippen molar-refractivity contribution in [3.8, 4) is 11.5 Å². The normalized spacial score (nSPS) is 12.4. The summed E-state index contributed by atoms with van der Waals surface area (Å²) in [6.45, 7) is 0.283. The third-order valence-corrected chi connectivity index (χ3v) is 2.81. The van der Waals surface area contributed by atoms with Crippen LogP contribution in [0, 0.1) is 0 Å². The largest absolute Gasteiger partial charge is 0.454 e. The molecule has 4 nitrogen and oxygen atoms in total. The second-order valence-electron chi connectivity index (χ2n) is 4.07. The van der Waals surface area contributed by atoms with Crippen LogP contribution in [0.3, 0.4) is 0 Å². The number of hydrogen-bond donors (Lipinski definition) is 0. The maximum atomic E-state index is 10.5. The molecule has 0 aliphatic carbocycles. The summed E-state index contributed by atoms with van der Waals surface area (Å²) in [4.78, 5) is 14.8. The SMILES string of the molecule is O=Cc1ccc(Cc2ccc3c(c2)OCO3)nc1. The fraction of sp³-hybridized carbons (Fsp3) is 0.143. The molecule has 0 radical (unpaired) electrons. The minimum absolute atomic E-state index is 0.283. The van der Waals surface area contributed by atoms with Gasteiger partial charge in [-0.1, -0.05) is 6.07 Å². The van der Waals surface area contributed by atoms with Gasteiger partial charge in [0, 0.05) is 23.9 Å². The molecule has 0 fully saturated rings. The van der Waals surface area contributed by atoms with Gasteiger partial charge in [0.15, 0.2) is 17.8 Å². The van der Waals surface area contributed by atoms with Gasteiger partial charge in [0.05, 0.1) is 0 Å². The monoisotopic (exact) mass is 241 g/mol. The Bertz CT molecular complexity index is 578. The van der Waals surface area contributed by atoms with Crippen molar-refractivity contribution >= 4 is 6.29 Å². The highest BCUT2D eigenvalue weighted by Gasteiger charge is 2.13. The molecule has 90 valence electrons. The third-order valence-electron chi connectivity index (χ3n) is 2.81. The molecule has 0 spiro atoms. The van der Waals surface area contributed by atoms with Crippen molar-refractivity contribution in [2.45, 2.75) is 6.42 Å². The zero-order valence-corrected chi connectivity index (χ0v) is 9.63. The number of carbonyl (C=O) groups is 1. The van der Waals surface area contributed by atoms with E-state index in [1.54, 1.807) is 12.3 Å². The molecule has 1 aromatic heterocycles. The van der Waals surface area contributed by atoms with E-state index < -0.39 is 0 Å². The Morgan fingerprint density at radius 2 is 2.06 bits per heavy atom. The summed E-state index contributed by atoms with van der Waals surface area (Å²) in [5, 5.41) is 0. The number of hydrogen-bond acceptors (Lipinski definition) is 4. The molecule has 0 unspecified atom stereocenters. The highest BCUT2D eigenvalue weighted by molar-refractivity contribution is 5.73. The first kappa shape index (κ1) is 10.8. The van der Waals surface area contributed by atoms with Crippen molar-refractivity contribution in [1.82, 2.24) is 4.98 Å². The first-order chi connectivity index (χ1) is 8.85. The lowest BCUT2D eigenvalue weighted by Gasteiger charge is -2.03. The number of pyridine rings is 1. The topological polar surface area (TPSA) is 48.4 Å². The highest BCUT2D eigenvalue weighted by Crippen LogP contribution is 2.32. The molecular formula is C14H11NO3. The summed E-state index contributed by atoms with van der Waals surface area (Å²) in [5.74, 6) is 1.56. The van der Waals surface area contributed by atoms with E-state index in [1.807, 2.05) is 24.3 Å². The van der Waals surface area contributed by atoms with Gasteiger partial charge >= 0.3 is 0 Å². The maximum Gasteiger partial charge on any atom is 0.231 e. The van der Waals surface area contributed by atoms with Gasteiger partial charge in [-0.2, -0.15) is 0 Å². The van der Waals surface area contributed by atoms with Gasteiger partial charge in [0.2, 0.25) is 6.79 Å². The Morgan fingerprint density at radius 3 is 2.83 bits per heavy atom. The molecule has 3 rings (SSSR count). The molecule has 0 atom stereocenters. The van der Waals surface area contributed by atoms with E-state index >= 15 is 0 Å². The van der Waals surface area contributed by atoms with Gasteiger partial charge in [0.1, 0.15) is 0 Å². The molecule has 2 heterocycles. The van der Waals surface area contributed by atoms with Crippen LogP contribution >= 0.6 is 0 Å². The smallest absolute Gasteiger partial charge is 0.231 e. The zero-order chi connectivity index (χ0) is 12.4. The van der Waals surface area contributed by atoms with E-state index in [4.69, 9.17) is 9.47 Å².